The van der Waals surface area contributed by atoms with Crippen molar-refractivity contribution in [3.63, 3.8) is 0 Å². The summed E-state index contributed by atoms with van der Waals surface area (Å²) in [4.78, 5) is 14.4. The Morgan fingerprint density at radius 1 is 1.35 bits per heavy atom. The zero-order chi connectivity index (χ0) is 18.3. The number of carboxylic acid groups (broad SMARTS) is 1. The number of benzene rings is 1. The maximum Gasteiger partial charge on any atom is 0.303 e. The van der Waals surface area contributed by atoms with Crippen molar-refractivity contribution in [2.24, 2.45) is 11.8 Å². The summed E-state index contributed by atoms with van der Waals surface area (Å²) < 4.78 is 0. The Balaban J connectivity index is 1.77. The van der Waals surface area contributed by atoms with Gasteiger partial charge in [0.05, 0.1) is 6.42 Å². The summed E-state index contributed by atoms with van der Waals surface area (Å²) in [5, 5.41) is 19.8. The minimum absolute atomic E-state index is 0.0918. The quantitative estimate of drug-likeness (QED) is 0.776. The normalized spacial score (nSPS) is 30.8. The molecule has 26 heavy (non-hydrogen) atoms. The Morgan fingerprint density at radius 3 is 2.85 bits per heavy atom. The molecule has 1 saturated carbocycles. The number of phenols is 1. The first-order valence-corrected chi connectivity index (χ1v) is 10.3. The van der Waals surface area contributed by atoms with Gasteiger partial charge in [0.25, 0.3) is 0 Å². The molecule has 0 spiro atoms. The standard InChI is InChI=1S/C22H31NO3/c1-2-3-8-22-9-10-23(14-15-4-5-15)20(19(22)13-21(25)26)11-16-6-7-17(24)12-18(16)22/h6-7,12,15,19-20,24H,2-5,8-11,13-14H2,1H3,(H,25,26)/t19-,20+,22-/m0/s1. The van der Waals surface area contributed by atoms with Crippen LogP contribution in [0.4, 0.5) is 0 Å². The van der Waals surface area contributed by atoms with E-state index in [1.807, 2.05) is 6.07 Å². The molecule has 142 valence electrons. The summed E-state index contributed by atoms with van der Waals surface area (Å²) in [5.41, 5.74) is 2.47. The first-order valence-electron chi connectivity index (χ1n) is 10.3. The molecule has 1 aromatic carbocycles. The number of piperidine rings is 1. The Kier molecular flexibility index (Phi) is 4.72. The van der Waals surface area contributed by atoms with E-state index in [-0.39, 0.29) is 17.8 Å². The Labute approximate surface area is 156 Å². The predicted molar refractivity (Wildman–Crippen MR) is 101 cm³/mol. The lowest BCUT2D eigenvalue weighted by Gasteiger charge is -2.57. The number of hydrogen-bond donors (Lipinski definition) is 2. The smallest absolute Gasteiger partial charge is 0.303 e. The maximum atomic E-state index is 11.8. The fourth-order valence-electron chi connectivity index (χ4n) is 5.67. The molecule has 4 heteroatoms. The number of fused-ring (bicyclic) bond motifs is 4. The topological polar surface area (TPSA) is 60.8 Å². The molecular formula is C22H31NO3. The van der Waals surface area contributed by atoms with Gasteiger partial charge >= 0.3 is 5.97 Å². The van der Waals surface area contributed by atoms with Crippen molar-refractivity contribution in [2.75, 3.05) is 13.1 Å². The van der Waals surface area contributed by atoms with E-state index in [4.69, 9.17) is 0 Å². The molecule has 4 nitrogen and oxygen atoms in total. The molecule has 2 fully saturated rings. The highest BCUT2D eigenvalue weighted by Crippen LogP contribution is 2.54. The van der Waals surface area contributed by atoms with Gasteiger partial charge in [-0.2, -0.15) is 0 Å². The minimum atomic E-state index is -0.683. The molecule has 3 aliphatic rings. The SMILES string of the molecule is CCCC[C@]12CCN(CC3CC3)[C@H](Cc3ccc(O)cc31)[C@@H]2CC(=O)O. The van der Waals surface area contributed by atoms with E-state index in [0.717, 1.165) is 51.1 Å². The Morgan fingerprint density at radius 2 is 2.15 bits per heavy atom. The van der Waals surface area contributed by atoms with Gasteiger partial charge in [-0.3, -0.25) is 9.69 Å². The number of aliphatic carboxylic acids is 1. The van der Waals surface area contributed by atoms with Crippen LogP contribution >= 0.6 is 0 Å². The molecule has 0 radical (unpaired) electrons. The number of unbranched alkanes of at least 4 members (excludes halogenated alkanes) is 1. The van der Waals surface area contributed by atoms with E-state index in [9.17, 15) is 15.0 Å². The molecular weight excluding hydrogens is 326 g/mol. The van der Waals surface area contributed by atoms with Crippen LogP contribution in [0, 0.1) is 11.8 Å². The molecule has 0 unspecified atom stereocenters. The molecule has 0 amide bonds. The van der Waals surface area contributed by atoms with Gasteiger partial charge in [-0.1, -0.05) is 25.8 Å². The second kappa shape index (κ2) is 6.88. The summed E-state index contributed by atoms with van der Waals surface area (Å²) in [6, 6.07) is 6.14. The molecule has 2 bridgehead atoms. The number of hydrogen-bond acceptors (Lipinski definition) is 3. The second-order valence-corrected chi connectivity index (χ2v) is 8.77. The number of carboxylic acids is 1. The second-order valence-electron chi connectivity index (χ2n) is 8.77. The van der Waals surface area contributed by atoms with E-state index in [1.165, 1.54) is 24.0 Å². The summed E-state index contributed by atoms with van der Waals surface area (Å²) in [7, 11) is 0. The van der Waals surface area contributed by atoms with E-state index in [1.54, 1.807) is 6.07 Å². The van der Waals surface area contributed by atoms with Crippen LogP contribution < -0.4 is 0 Å². The van der Waals surface area contributed by atoms with Crippen molar-refractivity contribution >= 4 is 5.97 Å². The van der Waals surface area contributed by atoms with Crippen LogP contribution in [0.25, 0.3) is 0 Å². The molecule has 1 saturated heterocycles. The summed E-state index contributed by atoms with van der Waals surface area (Å²) >= 11 is 0. The van der Waals surface area contributed by atoms with Crippen LogP contribution in [-0.4, -0.2) is 40.2 Å². The molecule has 3 atom stereocenters. The van der Waals surface area contributed by atoms with E-state index >= 15 is 0 Å². The highest BCUT2D eigenvalue weighted by molar-refractivity contribution is 5.68. The lowest BCUT2D eigenvalue weighted by Crippen LogP contribution is -2.60. The number of aromatic hydroxyl groups is 1. The highest BCUT2D eigenvalue weighted by atomic mass is 16.4. The number of rotatable bonds is 7. The minimum Gasteiger partial charge on any atom is -0.508 e. The van der Waals surface area contributed by atoms with Crippen molar-refractivity contribution in [1.82, 2.24) is 4.90 Å². The molecule has 0 aromatic heterocycles. The lowest BCUT2D eigenvalue weighted by molar-refractivity contribution is -0.141. The Bertz CT molecular complexity index is 684. The number of likely N-dealkylation sites (tertiary alicyclic amines) is 1. The third-order valence-electron chi connectivity index (χ3n) is 7.11. The largest absolute Gasteiger partial charge is 0.508 e. The van der Waals surface area contributed by atoms with Gasteiger partial charge in [0.1, 0.15) is 5.75 Å². The van der Waals surface area contributed by atoms with Crippen LogP contribution in [0.3, 0.4) is 0 Å². The first-order chi connectivity index (χ1) is 12.5. The van der Waals surface area contributed by atoms with Gasteiger partial charge in [-0.25, -0.2) is 0 Å². The van der Waals surface area contributed by atoms with Crippen molar-refractivity contribution in [3.05, 3.63) is 29.3 Å². The fraction of sp³-hybridized carbons (Fsp3) is 0.682. The highest BCUT2D eigenvalue weighted by Gasteiger charge is 2.53. The third kappa shape index (κ3) is 3.13. The maximum absolute atomic E-state index is 11.8. The Hall–Kier alpha value is -1.55. The van der Waals surface area contributed by atoms with Crippen LogP contribution in [-0.2, 0) is 16.6 Å². The van der Waals surface area contributed by atoms with Crippen LogP contribution in [0.1, 0.15) is 63.0 Å². The molecule has 1 heterocycles. The zero-order valence-corrected chi connectivity index (χ0v) is 15.8. The molecule has 1 aliphatic heterocycles. The number of phenolic OH excluding ortho intramolecular Hbond substituents is 1. The van der Waals surface area contributed by atoms with E-state index < -0.39 is 5.97 Å². The number of nitrogens with zero attached hydrogens (tertiary/aromatic N) is 1. The van der Waals surface area contributed by atoms with Gasteiger partial charge in [0.15, 0.2) is 0 Å². The van der Waals surface area contributed by atoms with Gasteiger partial charge < -0.3 is 10.2 Å². The van der Waals surface area contributed by atoms with Crippen molar-refractivity contribution in [1.29, 1.82) is 0 Å². The van der Waals surface area contributed by atoms with Gasteiger partial charge in [-0.05, 0) is 73.7 Å². The summed E-state index contributed by atoms with van der Waals surface area (Å²) in [6.45, 7) is 4.41. The monoisotopic (exact) mass is 357 g/mol. The van der Waals surface area contributed by atoms with Crippen molar-refractivity contribution < 1.29 is 15.0 Å². The molecule has 4 rings (SSSR count). The van der Waals surface area contributed by atoms with Crippen molar-refractivity contribution in [2.45, 2.75) is 69.7 Å². The average molecular weight is 357 g/mol. The molecule has 1 aromatic rings. The van der Waals surface area contributed by atoms with Gasteiger partial charge in [0.2, 0.25) is 0 Å². The van der Waals surface area contributed by atoms with Crippen molar-refractivity contribution in [3.8, 4) is 5.75 Å². The van der Waals surface area contributed by atoms with Crippen LogP contribution in [0.5, 0.6) is 5.75 Å². The third-order valence-corrected chi connectivity index (χ3v) is 7.11. The van der Waals surface area contributed by atoms with Crippen LogP contribution in [0.2, 0.25) is 0 Å². The molecule has 2 N–H and O–H groups in total. The van der Waals surface area contributed by atoms with Crippen LogP contribution in [0.15, 0.2) is 18.2 Å². The fourth-order valence-corrected chi connectivity index (χ4v) is 5.67. The molecule has 2 aliphatic carbocycles. The summed E-state index contributed by atoms with van der Waals surface area (Å²) in [5.74, 6) is 0.600. The number of carbonyl (C=O) groups is 1. The first kappa shape index (κ1) is 17.8. The predicted octanol–water partition coefficient (Wildman–Crippen LogP) is 3.95. The van der Waals surface area contributed by atoms with Gasteiger partial charge in [0, 0.05) is 18.0 Å². The summed E-state index contributed by atoms with van der Waals surface area (Å²) in [6.07, 6.45) is 8.11. The van der Waals surface area contributed by atoms with E-state index in [0.29, 0.717) is 11.8 Å². The lowest BCUT2D eigenvalue weighted by atomic mass is 9.54. The zero-order valence-electron chi connectivity index (χ0n) is 15.8. The van der Waals surface area contributed by atoms with Gasteiger partial charge in [-0.15, -0.1) is 0 Å². The van der Waals surface area contributed by atoms with E-state index in [2.05, 4.69) is 17.9 Å². The average Bonchev–Trinajstić information content (AvgIpc) is 3.41.